The summed E-state index contributed by atoms with van der Waals surface area (Å²) in [7, 11) is 0. The minimum absolute atomic E-state index is 0.0468. The molecule has 6 nitrogen and oxygen atoms in total. The summed E-state index contributed by atoms with van der Waals surface area (Å²) in [5, 5.41) is -0.323. The molecule has 1 fully saturated rings. The normalized spacial score (nSPS) is 15.3. The van der Waals surface area contributed by atoms with E-state index in [0.717, 1.165) is 56.3 Å². The average molecular weight is 475 g/mol. The Balaban J connectivity index is 1.38. The number of halogens is 3. The molecule has 1 saturated heterocycles. The maximum absolute atomic E-state index is 14.2. The second-order valence-electron chi connectivity index (χ2n) is 7.52. The molecule has 33 heavy (non-hydrogen) atoms. The lowest BCUT2D eigenvalue weighted by Gasteiger charge is -2.26. The van der Waals surface area contributed by atoms with Crippen molar-refractivity contribution in [2.24, 2.45) is 0 Å². The van der Waals surface area contributed by atoms with Crippen LogP contribution in [-0.2, 0) is 4.74 Å². The van der Waals surface area contributed by atoms with Gasteiger partial charge in [-0.25, -0.2) is 18.7 Å². The molecule has 3 aromatic rings. The Hall–Kier alpha value is -2.81. The van der Waals surface area contributed by atoms with Crippen LogP contribution in [0.25, 0.3) is 11.3 Å². The van der Waals surface area contributed by atoms with Gasteiger partial charge in [-0.05, 0) is 43.3 Å². The predicted molar refractivity (Wildman–Crippen MR) is 119 cm³/mol. The van der Waals surface area contributed by atoms with Gasteiger partial charge in [0, 0.05) is 30.8 Å². The van der Waals surface area contributed by atoms with Crippen LogP contribution >= 0.6 is 11.6 Å². The summed E-state index contributed by atoms with van der Waals surface area (Å²) < 4.78 is 44.7. The number of hydrogen-bond donors (Lipinski definition) is 0. The molecule has 1 radical (unpaired) electrons. The molecule has 0 amide bonds. The molecule has 1 unspecified atom stereocenters. The van der Waals surface area contributed by atoms with Crippen molar-refractivity contribution in [3.8, 4) is 22.9 Å². The smallest absolute Gasteiger partial charge is 0.243 e. The van der Waals surface area contributed by atoms with Gasteiger partial charge in [0.2, 0.25) is 5.88 Å². The van der Waals surface area contributed by atoms with Crippen LogP contribution in [0.15, 0.2) is 42.6 Å². The number of ether oxygens (including phenoxy) is 3. The van der Waals surface area contributed by atoms with Crippen molar-refractivity contribution in [1.82, 2.24) is 14.9 Å². The van der Waals surface area contributed by atoms with Crippen molar-refractivity contribution < 1.29 is 23.0 Å². The highest BCUT2D eigenvalue weighted by atomic mass is 35.5. The van der Waals surface area contributed by atoms with Crippen LogP contribution in [0.1, 0.15) is 18.6 Å². The Bertz CT molecular complexity index is 1080. The van der Waals surface area contributed by atoms with E-state index in [4.69, 9.17) is 25.8 Å². The predicted octanol–water partition coefficient (Wildman–Crippen LogP) is 4.73. The first-order chi connectivity index (χ1) is 16.0. The minimum atomic E-state index is -0.892. The highest BCUT2D eigenvalue weighted by molar-refractivity contribution is 6.31. The van der Waals surface area contributed by atoms with Gasteiger partial charge in [0.25, 0.3) is 0 Å². The van der Waals surface area contributed by atoms with Gasteiger partial charge in [0.1, 0.15) is 30.1 Å². The van der Waals surface area contributed by atoms with Crippen molar-refractivity contribution >= 4 is 11.6 Å². The van der Waals surface area contributed by atoms with Gasteiger partial charge in [0.05, 0.1) is 30.1 Å². The summed E-state index contributed by atoms with van der Waals surface area (Å²) in [6, 6.07) is 9.42. The van der Waals surface area contributed by atoms with Crippen molar-refractivity contribution in [2.75, 3.05) is 39.5 Å². The molecular formula is C24H23ClF2N3O3. The number of nitrogens with zero attached hydrogens (tertiary/aromatic N) is 3. The third kappa shape index (κ3) is 5.96. The highest BCUT2D eigenvalue weighted by Gasteiger charge is 2.20. The summed E-state index contributed by atoms with van der Waals surface area (Å²) >= 11 is 5.92. The second kappa shape index (κ2) is 10.9. The molecule has 173 valence electrons. The lowest BCUT2D eigenvalue weighted by Crippen LogP contribution is -2.38. The van der Waals surface area contributed by atoms with Crippen LogP contribution < -0.4 is 9.47 Å². The molecule has 0 aliphatic carbocycles. The van der Waals surface area contributed by atoms with Crippen LogP contribution in [0, 0.1) is 17.8 Å². The first-order valence-electron chi connectivity index (χ1n) is 10.6. The van der Waals surface area contributed by atoms with Crippen LogP contribution in [0.4, 0.5) is 8.78 Å². The first-order valence-corrected chi connectivity index (χ1v) is 11.0. The summed E-state index contributed by atoms with van der Waals surface area (Å²) in [6.45, 7) is 6.36. The van der Waals surface area contributed by atoms with E-state index in [0.29, 0.717) is 12.3 Å². The van der Waals surface area contributed by atoms with Gasteiger partial charge in [-0.1, -0.05) is 11.6 Å². The van der Waals surface area contributed by atoms with Crippen molar-refractivity contribution in [1.29, 1.82) is 0 Å². The van der Waals surface area contributed by atoms with Crippen molar-refractivity contribution in [2.45, 2.75) is 13.0 Å². The SMILES string of the molecule is CC(Oc1[c]ncc(-c2ccc(OCCN3CCOCC3)cc2)n1)c1c(F)ccc(F)c1Cl. The Kier molecular flexibility index (Phi) is 7.69. The molecule has 2 heterocycles. The lowest BCUT2D eigenvalue weighted by molar-refractivity contribution is 0.0322. The van der Waals surface area contributed by atoms with Crippen LogP contribution in [0.2, 0.25) is 5.02 Å². The van der Waals surface area contributed by atoms with Crippen LogP contribution in [0.3, 0.4) is 0 Å². The fraction of sp³-hybridized carbons (Fsp3) is 0.333. The largest absolute Gasteiger partial charge is 0.492 e. The summed E-state index contributed by atoms with van der Waals surface area (Å²) in [5.41, 5.74) is 1.25. The fourth-order valence-electron chi connectivity index (χ4n) is 3.48. The quantitative estimate of drug-likeness (QED) is 0.440. The first kappa shape index (κ1) is 23.4. The van der Waals surface area contributed by atoms with E-state index >= 15 is 0 Å². The molecule has 0 saturated carbocycles. The summed E-state index contributed by atoms with van der Waals surface area (Å²) in [4.78, 5) is 10.7. The van der Waals surface area contributed by atoms with E-state index in [2.05, 4.69) is 21.1 Å². The topological polar surface area (TPSA) is 56.7 Å². The zero-order valence-corrected chi connectivity index (χ0v) is 18.8. The molecule has 1 aliphatic heterocycles. The second-order valence-corrected chi connectivity index (χ2v) is 7.89. The van der Waals surface area contributed by atoms with Crippen LogP contribution in [0.5, 0.6) is 11.6 Å². The third-order valence-electron chi connectivity index (χ3n) is 5.27. The number of morpholine rings is 1. The van der Waals surface area contributed by atoms with E-state index in [1.165, 1.54) is 0 Å². The van der Waals surface area contributed by atoms with E-state index < -0.39 is 17.7 Å². The highest BCUT2D eigenvalue weighted by Crippen LogP contribution is 2.31. The Morgan fingerprint density at radius 1 is 1.12 bits per heavy atom. The number of rotatable bonds is 8. The number of benzene rings is 2. The Morgan fingerprint density at radius 2 is 1.85 bits per heavy atom. The summed E-state index contributed by atoms with van der Waals surface area (Å²) in [6.07, 6.45) is 3.27. The number of aromatic nitrogens is 2. The molecule has 0 N–H and O–H groups in total. The minimum Gasteiger partial charge on any atom is -0.492 e. The molecular weight excluding hydrogens is 452 g/mol. The monoisotopic (exact) mass is 474 g/mol. The maximum atomic E-state index is 14.2. The third-order valence-corrected chi connectivity index (χ3v) is 5.66. The van der Waals surface area contributed by atoms with Gasteiger partial charge < -0.3 is 14.2 Å². The Labute approximate surface area is 196 Å². The standard InChI is InChI=1S/C24H23ClF2N3O3/c1-16(23-19(26)6-7-20(27)24(23)25)33-22-15-28-14-21(29-22)17-2-4-18(5-3-17)32-13-10-30-8-11-31-12-9-30/h2-7,14,16H,8-13H2,1H3. The fourth-order valence-corrected chi connectivity index (χ4v) is 3.79. The zero-order chi connectivity index (χ0) is 23.2. The van der Waals surface area contributed by atoms with Gasteiger partial charge in [-0.15, -0.1) is 0 Å². The molecule has 0 spiro atoms. The lowest BCUT2D eigenvalue weighted by atomic mass is 10.1. The molecule has 1 aromatic heterocycles. The Morgan fingerprint density at radius 3 is 2.61 bits per heavy atom. The number of hydrogen-bond acceptors (Lipinski definition) is 6. The van der Waals surface area contributed by atoms with Gasteiger partial charge in [-0.2, -0.15) is 0 Å². The van der Waals surface area contributed by atoms with E-state index in [9.17, 15) is 8.78 Å². The van der Waals surface area contributed by atoms with Gasteiger partial charge in [0.15, 0.2) is 6.20 Å². The molecule has 0 bridgehead atoms. The van der Waals surface area contributed by atoms with E-state index in [1.807, 2.05) is 24.3 Å². The molecule has 1 atom stereocenters. The van der Waals surface area contributed by atoms with Crippen molar-refractivity contribution in [3.63, 3.8) is 0 Å². The molecule has 4 rings (SSSR count). The molecule has 1 aliphatic rings. The maximum Gasteiger partial charge on any atom is 0.243 e. The summed E-state index contributed by atoms with van der Waals surface area (Å²) in [5.74, 6) is -0.587. The van der Waals surface area contributed by atoms with Gasteiger partial charge >= 0.3 is 0 Å². The van der Waals surface area contributed by atoms with Crippen LogP contribution in [-0.4, -0.2) is 54.3 Å². The zero-order valence-electron chi connectivity index (χ0n) is 18.1. The van der Waals surface area contributed by atoms with E-state index in [1.54, 1.807) is 13.1 Å². The van der Waals surface area contributed by atoms with Gasteiger partial charge in [-0.3, -0.25) is 4.90 Å². The molecule has 9 heteroatoms. The van der Waals surface area contributed by atoms with E-state index in [-0.39, 0.29) is 16.5 Å². The molecule has 2 aromatic carbocycles. The average Bonchev–Trinajstić information content (AvgIpc) is 2.83. The van der Waals surface area contributed by atoms with Crippen molar-refractivity contribution in [3.05, 3.63) is 71.0 Å².